The monoisotopic (exact) mass is 315 g/mol. The summed E-state index contributed by atoms with van der Waals surface area (Å²) in [7, 11) is 0. The van der Waals surface area contributed by atoms with Crippen LogP contribution in [0, 0.1) is 10.1 Å². The third kappa shape index (κ3) is 2.63. The number of aromatic nitrogens is 2. The van der Waals surface area contributed by atoms with Gasteiger partial charge < -0.3 is 10.1 Å². The number of aromatic amines is 1. The topological polar surface area (TPSA) is 109 Å². The van der Waals surface area contributed by atoms with Gasteiger partial charge in [-0.25, -0.2) is 4.98 Å². The number of phenols is 1. The molecule has 0 saturated heterocycles. The van der Waals surface area contributed by atoms with Crippen LogP contribution in [0.2, 0.25) is 0 Å². The van der Waals surface area contributed by atoms with Crippen LogP contribution in [-0.2, 0) is 0 Å². The fourth-order valence-electron chi connectivity index (χ4n) is 1.93. The summed E-state index contributed by atoms with van der Waals surface area (Å²) < 4.78 is 0. The fraction of sp³-hybridized carbons (Fsp3) is 0. The van der Waals surface area contributed by atoms with Gasteiger partial charge in [0.1, 0.15) is 5.75 Å². The summed E-state index contributed by atoms with van der Waals surface area (Å²) in [5.41, 5.74) is 1.12. The second kappa shape index (κ2) is 5.49. The van der Waals surface area contributed by atoms with E-state index in [4.69, 9.17) is 0 Å². The number of nitro benzene ring substituents is 1. The molecule has 0 unspecified atom stereocenters. The van der Waals surface area contributed by atoms with E-state index in [2.05, 4.69) is 9.97 Å². The molecule has 0 aliphatic heterocycles. The second-order valence-electron chi connectivity index (χ2n) is 4.41. The first-order chi connectivity index (χ1) is 10.5. The lowest BCUT2D eigenvalue weighted by atomic mass is 10.2. The lowest BCUT2D eigenvalue weighted by Gasteiger charge is -2.00. The van der Waals surface area contributed by atoms with Gasteiger partial charge >= 0.3 is 0 Å². The van der Waals surface area contributed by atoms with E-state index >= 15 is 0 Å². The maximum absolute atomic E-state index is 12.1. The molecule has 110 valence electrons. The standard InChI is InChI=1S/C14H9N3O4S/c18-12-4-2-1-3-9(12)13(19)22-14-15-10-6-5-8(17(20)21)7-11(10)16-14/h1-7,18H,(H,15,16). The number of hydrogen-bond donors (Lipinski definition) is 2. The number of carbonyl (C=O) groups is 1. The smallest absolute Gasteiger partial charge is 0.271 e. The number of aromatic hydroxyl groups is 1. The number of hydrogen-bond acceptors (Lipinski definition) is 6. The van der Waals surface area contributed by atoms with Gasteiger partial charge in [0.05, 0.1) is 21.5 Å². The van der Waals surface area contributed by atoms with Crippen molar-refractivity contribution < 1.29 is 14.8 Å². The number of para-hydroxylation sites is 1. The molecular formula is C14H9N3O4S. The molecule has 8 heteroatoms. The van der Waals surface area contributed by atoms with Gasteiger partial charge in [-0.05, 0) is 30.0 Å². The van der Waals surface area contributed by atoms with Crippen LogP contribution in [0.25, 0.3) is 11.0 Å². The summed E-state index contributed by atoms with van der Waals surface area (Å²) in [6.45, 7) is 0. The number of thioether (sulfide) groups is 1. The number of carbonyl (C=O) groups excluding carboxylic acids is 1. The van der Waals surface area contributed by atoms with Gasteiger partial charge in [0, 0.05) is 12.1 Å². The molecule has 0 radical (unpaired) electrons. The number of imidazole rings is 1. The summed E-state index contributed by atoms with van der Waals surface area (Å²) in [5.74, 6) is -0.105. The molecule has 0 amide bonds. The van der Waals surface area contributed by atoms with E-state index in [9.17, 15) is 20.0 Å². The first kappa shape index (κ1) is 14.1. The van der Waals surface area contributed by atoms with Crippen LogP contribution in [0.1, 0.15) is 10.4 Å². The van der Waals surface area contributed by atoms with Gasteiger partial charge in [0.15, 0.2) is 5.16 Å². The molecule has 0 saturated carbocycles. The third-order valence-corrected chi connectivity index (χ3v) is 3.76. The number of phenolic OH excluding ortho intramolecular Hbond substituents is 1. The van der Waals surface area contributed by atoms with Crippen molar-refractivity contribution >= 4 is 33.6 Å². The highest BCUT2D eigenvalue weighted by Gasteiger charge is 2.16. The van der Waals surface area contributed by atoms with Gasteiger partial charge in [0.2, 0.25) is 5.12 Å². The average Bonchev–Trinajstić information content (AvgIpc) is 2.88. The Balaban J connectivity index is 1.89. The van der Waals surface area contributed by atoms with E-state index in [1.165, 1.54) is 30.3 Å². The van der Waals surface area contributed by atoms with Crippen molar-refractivity contribution in [3.8, 4) is 5.75 Å². The molecule has 22 heavy (non-hydrogen) atoms. The minimum atomic E-state index is -0.500. The van der Waals surface area contributed by atoms with Crippen LogP contribution < -0.4 is 0 Å². The van der Waals surface area contributed by atoms with Gasteiger partial charge in [-0.15, -0.1) is 0 Å². The van der Waals surface area contributed by atoms with E-state index in [0.29, 0.717) is 16.2 Å². The predicted octanol–water partition coefficient (Wildman–Crippen LogP) is 3.11. The fourth-order valence-corrected chi connectivity index (χ4v) is 2.69. The Kier molecular flexibility index (Phi) is 3.51. The maximum Gasteiger partial charge on any atom is 0.271 e. The Bertz CT molecular complexity index is 891. The van der Waals surface area contributed by atoms with Gasteiger partial charge in [0.25, 0.3) is 5.69 Å². The molecule has 0 aliphatic rings. The number of nitro groups is 1. The van der Waals surface area contributed by atoms with E-state index < -0.39 is 4.92 Å². The molecule has 3 aromatic rings. The number of rotatable bonds is 3. The van der Waals surface area contributed by atoms with Crippen molar-refractivity contribution in [2.24, 2.45) is 0 Å². The van der Waals surface area contributed by atoms with Crippen LogP contribution in [0.4, 0.5) is 5.69 Å². The van der Waals surface area contributed by atoms with Crippen molar-refractivity contribution in [1.29, 1.82) is 0 Å². The van der Waals surface area contributed by atoms with E-state index in [1.807, 2.05) is 0 Å². The Hall–Kier alpha value is -2.87. The van der Waals surface area contributed by atoms with Gasteiger partial charge in [-0.3, -0.25) is 14.9 Å². The quantitative estimate of drug-likeness (QED) is 0.436. The number of non-ortho nitro benzene ring substituents is 1. The molecule has 0 atom stereocenters. The summed E-state index contributed by atoms with van der Waals surface area (Å²) in [6, 6.07) is 10.4. The average molecular weight is 315 g/mol. The molecule has 1 aromatic heterocycles. The Labute approximate surface area is 128 Å². The lowest BCUT2D eigenvalue weighted by molar-refractivity contribution is -0.384. The maximum atomic E-state index is 12.1. The third-order valence-electron chi connectivity index (χ3n) is 2.97. The van der Waals surface area contributed by atoms with Crippen LogP contribution >= 0.6 is 11.8 Å². The van der Waals surface area contributed by atoms with Crippen LogP contribution in [0.3, 0.4) is 0 Å². The normalized spacial score (nSPS) is 10.7. The molecule has 2 aromatic carbocycles. The van der Waals surface area contributed by atoms with Crippen LogP contribution in [0.15, 0.2) is 47.6 Å². The SMILES string of the molecule is O=C(Sc1nc2ccc([N+](=O)[O-])cc2[nH]1)c1ccccc1O. The van der Waals surface area contributed by atoms with Crippen molar-refractivity contribution in [3.63, 3.8) is 0 Å². The summed E-state index contributed by atoms with van der Waals surface area (Å²) in [6.07, 6.45) is 0. The largest absolute Gasteiger partial charge is 0.507 e. The Morgan fingerprint density at radius 1 is 1.27 bits per heavy atom. The minimum absolute atomic E-state index is 0.0558. The second-order valence-corrected chi connectivity index (χ2v) is 5.37. The van der Waals surface area contributed by atoms with Crippen molar-refractivity contribution in [2.75, 3.05) is 0 Å². The van der Waals surface area contributed by atoms with E-state index in [0.717, 1.165) is 11.8 Å². The molecule has 0 fully saturated rings. The predicted molar refractivity (Wildman–Crippen MR) is 81.0 cm³/mol. The highest BCUT2D eigenvalue weighted by Crippen LogP contribution is 2.28. The summed E-state index contributed by atoms with van der Waals surface area (Å²) in [5, 5.41) is 20.3. The van der Waals surface area contributed by atoms with Crippen LogP contribution in [-0.4, -0.2) is 25.1 Å². The number of benzene rings is 2. The number of fused-ring (bicyclic) bond motifs is 1. The molecule has 1 heterocycles. The summed E-state index contributed by atoms with van der Waals surface area (Å²) >= 11 is 0.815. The van der Waals surface area contributed by atoms with Gasteiger partial charge in [-0.1, -0.05) is 12.1 Å². The summed E-state index contributed by atoms with van der Waals surface area (Å²) in [4.78, 5) is 29.4. The zero-order chi connectivity index (χ0) is 15.7. The Morgan fingerprint density at radius 3 is 2.77 bits per heavy atom. The number of H-pyrrole nitrogens is 1. The molecule has 0 spiro atoms. The first-order valence-corrected chi connectivity index (χ1v) is 7.00. The Morgan fingerprint density at radius 2 is 2.05 bits per heavy atom. The van der Waals surface area contributed by atoms with Gasteiger partial charge in [-0.2, -0.15) is 0 Å². The molecular weight excluding hydrogens is 306 g/mol. The molecule has 7 nitrogen and oxygen atoms in total. The molecule has 0 bridgehead atoms. The molecule has 3 rings (SSSR count). The zero-order valence-electron chi connectivity index (χ0n) is 11.0. The number of nitrogens with zero attached hydrogens (tertiary/aromatic N) is 2. The first-order valence-electron chi connectivity index (χ1n) is 6.19. The highest BCUT2D eigenvalue weighted by molar-refractivity contribution is 8.14. The number of nitrogens with one attached hydrogen (secondary N) is 1. The van der Waals surface area contributed by atoms with E-state index in [-0.39, 0.29) is 22.1 Å². The zero-order valence-corrected chi connectivity index (χ0v) is 11.8. The van der Waals surface area contributed by atoms with Crippen molar-refractivity contribution in [2.45, 2.75) is 5.16 Å². The lowest BCUT2D eigenvalue weighted by Crippen LogP contribution is -1.94. The van der Waals surface area contributed by atoms with Crippen molar-refractivity contribution in [3.05, 3.63) is 58.1 Å². The molecule has 2 N–H and O–H groups in total. The van der Waals surface area contributed by atoms with E-state index in [1.54, 1.807) is 12.1 Å². The minimum Gasteiger partial charge on any atom is -0.507 e. The molecule has 0 aliphatic carbocycles. The highest BCUT2D eigenvalue weighted by atomic mass is 32.2. The van der Waals surface area contributed by atoms with Crippen LogP contribution in [0.5, 0.6) is 5.75 Å². The van der Waals surface area contributed by atoms with Crippen molar-refractivity contribution in [1.82, 2.24) is 9.97 Å².